The van der Waals surface area contributed by atoms with Gasteiger partial charge in [-0.25, -0.2) is 10.4 Å². The van der Waals surface area contributed by atoms with Gasteiger partial charge in [0.1, 0.15) is 0 Å². The van der Waals surface area contributed by atoms with Crippen LogP contribution in [0.4, 0.5) is 5.69 Å². The molecule has 1 saturated heterocycles. The number of rotatable bonds is 2. The van der Waals surface area contributed by atoms with Crippen molar-refractivity contribution in [2.24, 2.45) is 5.73 Å². The maximum absolute atomic E-state index is 12.8. The minimum atomic E-state index is -0.418. The molecule has 2 aromatic carbocycles. The van der Waals surface area contributed by atoms with Crippen LogP contribution < -0.4 is 16.2 Å². The number of carbonyl (C=O) groups excluding carboxylic acids is 1. The van der Waals surface area contributed by atoms with Gasteiger partial charge in [-0.2, -0.15) is 0 Å². The molecule has 4 heteroatoms. The predicted octanol–water partition coefficient (Wildman–Crippen LogP) is 2.22. The van der Waals surface area contributed by atoms with E-state index in [1.165, 1.54) is 0 Å². The molecule has 0 spiro atoms. The number of anilines is 1. The molecule has 1 amide bonds. The van der Waals surface area contributed by atoms with E-state index < -0.39 is 6.17 Å². The van der Waals surface area contributed by atoms with Crippen molar-refractivity contribution in [1.29, 1.82) is 0 Å². The van der Waals surface area contributed by atoms with Crippen molar-refractivity contribution in [2.45, 2.75) is 25.9 Å². The van der Waals surface area contributed by atoms with Gasteiger partial charge in [0.05, 0.1) is 17.8 Å². The summed E-state index contributed by atoms with van der Waals surface area (Å²) in [7, 11) is 0. The van der Waals surface area contributed by atoms with Gasteiger partial charge in [-0.1, -0.05) is 42.5 Å². The molecule has 0 saturated carbocycles. The summed E-state index contributed by atoms with van der Waals surface area (Å²) >= 11 is 0. The van der Waals surface area contributed by atoms with E-state index in [0.717, 1.165) is 22.4 Å². The van der Waals surface area contributed by atoms with Crippen molar-refractivity contribution >= 4 is 11.6 Å². The average molecular weight is 281 g/mol. The number of amides is 1. The van der Waals surface area contributed by atoms with Gasteiger partial charge >= 0.3 is 0 Å². The number of carbonyl (C=O) groups is 1. The number of nitrogens with zero attached hydrogens (tertiary/aromatic N) is 1. The van der Waals surface area contributed by atoms with E-state index >= 15 is 0 Å². The van der Waals surface area contributed by atoms with Gasteiger partial charge in [0.2, 0.25) is 0 Å². The lowest BCUT2D eigenvalue weighted by Gasteiger charge is -2.18. The number of nitrogens with one attached hydrogen (secondary N) is 1. The summed E-state index contributed by atoms with van der Waals surface area (Å²) in [5, 5.41) is 1.58. The van der Waals surface area contributed by atoms with Gasteiger partial charge in [0, 0.05) is 0 Å². The summed E-state index contributed by atoms with van der Waals surface area (Å²) in [6, 6.07) is 15.7. The Morgan fingerprint density at radius 2 is 1.62 bits per heavy atom. The van der Waals surface area contributed by atoms with Gasteiger partial charge in [0.15, 0.2) is 0 Å². The summed E-state index contributed by atoms with van der Waals surface area (Å²) < 4.78 is 0. The third kappa shape index (κ3) is 2.33. The summed E-state index contributed by atoms with van der Waals surface area (Å²) in [4.78, 5) is 12.8. The first-order valence-corrected chi connectivity index (χ1v) is 7.06. The Morgan fingerprint density at radius 3 is 2.29 bits per heavy atom. The lowest BCUT2D eigenvalue weighted by Crippen LogP contribution is -2.42. The van der Waals surface area contributed by atoms with E-state index in [9.17, 15) is 4.79 Å². The van der Waals surface area contributed by atoms with Crippen molar-refractivity contribution in [3.05, 3.63) is 65.2 Å². The number of hydrogen-bond donors (Lipinski definition) is 2. The highest BCUT2D eigenvalue weighted by Gasteiger charge is 2.40. The van der Waals surface area contributed by atoms with Crippen molar-refractivity contribution in [2.75, 3.05) is 5.01 Å². The molecule has 1 heterocycles. The van der Waals surface area contributed by atoms with Crippen molar-refractivity contribution in [3.8, 4) is 0 Å². The van der Waals surface area contributed by atoms with E-state index in [2.05, 4.69) is 5.43 Å². The molecule has 3 N–H and O–H groups in total. The van der Waals surface area contributed by atoms with Crippen molar-refractivity contribution in [3.63, 3.8) is 0 Å². The Kier molecular flexibility index (Phi) is 3.49. The first-order chi connectivity index (χ1) is 10.1. The molecule has 2 unspecified atom stereocenters. The zero-order valence-corrected chi connectivity index (χ0v) is 12.2. The van der Waals surface area contributed by atoms with Crippen LogP contribution in [0.15, 0.2) is 48.5 Å². The second-order valence-corrected chi connectivity index (χ2v) is 5.45. The van der Waals surface area contributed by atoms with E-state index in [0.29, 0.717) is 0 Å². The molecule has 2 aromatic rings. The second-order valence-electron chi connectivity index (χ2n) is 5.45. The van der Waals surface area contributed by atoms with Crippen LogP contribution >= 0.6 is 0 Å². The fraction of sp³-hybridized carbons (Fsp3) is 0.235. The van der Waals surface area contributed by atoms with Crippen molar-refractivity contribution in [1.82, 2.24) is 5.43 Å². The van der Waals surface area contributed by atoms with Crippen LogP contribution in [0, 0.1) is 13.8 Å². The quantitative estimate of drug-likeness (QED) is 0.887. The van der Waals surface area contributed by atoms with Crippen molar-refractivity contribution < 1.29 is 4.79 Å². The normalized spacial score (nSPS) is 21.9. The fourth-order valence-electron chi connectivity index (χ4n) is 2.84. The van der Waals surface area contributed by atoms with E-state index in [-0.39, 0.29) is 11.8 Å². The summed E-state index contributed by atoms with van der Waals surface area (Å²) in [5.74, 6) is -0.364. The molecule has 1 aliphatic rings. The van der Waals surface area contributed by atoms with E-state index in [1.54, 1.807) is 5.01 Å². The lowest BCUT2D eigenvalue weighted by molar-refractivity contribution is -0.118. The first kappa shape index (κ1) is 13.8. The molecule has 0 aliphatic carbocycles. The largest absolute Gasteiger partial charge is 0.314 e. The molecule has 3 rings (SSSR count). The maximum atomic E-state index is 12.8. The standard InChI is InChI=1S/C17H19N3O/c1-11-7-3-5-9-13(11)15-16(18)19-20(17(15)21)14-10-6-4-8-12(14)2/h3-10,15-16,19H,18H2,1-2H3. The molecule has 21 heavy (non-hydrogen) atoms. The summed E-state index contributed by atoms with van der Waals surface area (Å²) in [6.07, 6.45) is -0.418. The van der Waals surface area contributed by atoms with Gasteiger partial charge < -0.3 is 5.73 Å². The summed E-state index contributed by atoms with van der Waals surface area (Å²) in [6.45, 7) is 3.99. The average Bonchev–Trinajstić information content (AvgIpc) is 2.75. The Morgan fingerprint density at radius 1 is 1.00 bits per heavy atom. The Labute approximate surface area is 124 Å². The Bertz CT molecular complexity index is 683. The third-order valence-corrected chi connectivity index (χ3v) is 4.00. The minimum Gasteiger partial charge on any atom is -0.314 e. The smallest absolute Gasteiger partial charge is 0.251 e. The molecule has 0 radical (unpaired) electrons. The van der Waals surface area contributed by atoms with Crippen LogP contribution in [-0.2, 0) is 4.79 Å². The molecule has 1 aliphatic heterocycles. The van der Waals surface area contributed by atoms with Crippen LogP contribution in [0.3, 0.4) is 0 Å². The highest BCUT2D eigenvalue weighted by atomic mass is 16.2. The van der Waals surface area contributed by atoms with Crippen LogP contribution in [0.2, 0.25) is 0 Å². The number of nitrogens with two attached hydrogens (primary N) is 1. The molecular formula is C17H19N3O. The SMILES string of the molecule is Cc1ccccc1C1C(=O)N(c2ccccc2C)NC1N. The van der Waals surface area contributed by atoms with Gasteiger partial charge in [-0.15, -0.1) is 0 Å². The van der Waals surface area contributed by atoms with E-state index in [1.807, 2.05) is 62.4 Å². The fourth-order valence-corrected chi connectivity index (χ4v) is 2.84. The number of para-hydroxylation sites is 1. The molecule has 0 bridgehead atoms. The highest BCUT2D eigenvalue weighted by molar-refractivity contribution is 6.00. The molecular weight excluding hydrogens is 262 g/mol. The molecule has 0 aromatic heterocycles. The Balaban J connectivity index is 1.99. The highest BCUT2D eigenvalue weighted by Crippen LogP contribution is 2.31. The van der Waals surface area contributed by atoms with E-state index in [4.69, 9.17) is 5.73 Å². The lowest BCUT2D eigenvalue weighted by atomic mass is 9.93. The predicted molar refractivity (Wildman–Crippen MR) is 83.7 cm³/mol. The topological polar surface area (TPSA) is 58.4 Å². The number of benzene rings is 2. The number of aryl methyl sites for hydroxylation is 2. The van der Waals surface area contributed by atoms with Gasteiger partial charge in [-0.05, 0) is 36.6 Å². The maximum Gasteiger partial charge on any atom is 0.251 e. The monoisotopic (exact) mass is 281 g/mol. The molecule has 108 valence electrons. The minimum absolute atomic E-state index is 0.00824. The van der Waals surface area contributed by atoms with Crippen LogP contribution in [0.5, 0.6) is 0 Å². The molecule has 1 fully saturated rings. The number of hydrazine groups is 1. The van der Waals surface area contributed by atoms with Crippen LogP contribution in [-0.4, -0.2) is 12.1 Å². The first-order valence-electron chi connectivity index (χ1n) is 7.06. The zero-order chi connectivity index (χ0) is 15.0. The Hall–Kier alpha value is -2.17. The zero-order valence-electron chi connectivity index (χ0n) is 12.2. The van der Waals surface area contributed by atoms with Gasteiger partial charge in [0.25, 0.3) is 5.91 Å². The van der Waals surface area contributed by atoms with Crippen LogP contribution in [0.25, 0.3) is 0 Å². The molecule has 4 nitrogen and oxygen atoms in total. The summed E-state index contributed by atoms with van der Waals surface area (Å²) in [5.41, 5.74) is 13.2. The second kappa shape index (κ2) is 5.31. The third-order valence-electron chi connectivity index (χ3n) is 4.00. The molecule has 2 atom stereocenters. The number of hydrogen-bond acceptors (Lipinski definition) is 3. The van der Waals surface area contributed by atoms with Gasteiger partial charge in [-0.3, -0.25) is 4.79 Å². The van der Waals surface area contributed by atoms with Crippen LogP contribution in [0.1, 0.15) is 22.6 Å².